The highest BCUT2D eigenvalue weighted by Crippen LogP contribution is 2.33. The van der Waals surface area contributed by atoms with Gasteiger partial charge in [-0.2, -0.15) is 5.10 Å². The summed E-state index contributed by atoms with van der Waals surface area (Å²) < 4.78 is 3.81. The maximum absolute atomic E-state index is 11.2. The van der Waals surface area contributed by atoms with E-state index in [-0.39, 0.29) is 0 Å². The molecular weight excluding hydrogens is 422 g/mol. The number of hydrogen-bond acceptors (Lipinski definition) is 3. The first kappa shape index (κ1) is 14.8. The van der Waals surface area contributed by atoms with Crippen LogP contribution in [0, 0.1) is 0 Å². The molecule has 4 aromatic rings. The van der Waals surface area contributed by atoms with Crippen molar-refractivity contribution in [3.05, 3.63) is 48.4 Å². The van der Waals surface area contributed by atoms with Gasteiger partial charge in [0.2, 0.25) is 0 Å². The van der Waals surface area contributed by atoms with Gasteiger partial charge in [0, 0.05) is 24.0 Å². The Hall–Kier alpha value is -1.79. The fourth-order valence-corrected chi connectivity index (χ4v) is 4.42. The van der Waals surface area contributed by atoms with E-state index in [1.807, 2.05) is 34.4 Å². The van der Waals surface area contributed by atoms with Crippen LogP contribution in [-0.4, -0.2) is 25.4 Å². The van der Waals surface area contributed by atoms with Crippen molar-refractivity contribution in [2.24, 2.45) is 7.05 Å². The third-order valence-electron chi connectivity index (χ3n) is 4.05. The molecule has 5 nitrogen and oxygen atoms in total. The van der Waals surface area contributed by atoms with Gasteiger partial charge in [-0.15, -0.1) is 0 Å². The summed E-state index contributed by atoms with van der Waals surface area (Å²) >= 11 is 2.32. The Balaban J connectivity index is 1.96. The number of carbonyl (C=O) groups excluding carboxylic acids is 1. The third-order valence-corrected chi connectivity index (χ3v) is 5.93. The molecule has 1 aromatic carbocycles. The largest absolute Gasteiger partial charge is 0.326 e. The number of fused-ring (bicyclic) bond motifs is 2. The lowest BCUT2D eigenvalue weighted by Crippen LogP contribution is -1.94. The molecule has 0 aliphatic heterocycles. The number of hydrogen-bond donors (Lipinski definition) is 0. The molecule has 23 heavy (non-hydrogen) atoms. The molecule has 4 rings (SSSR count). The van der Waals surface area contributed by atoms with Crippen molar-refractivity contribution in [1.29, 1.82) is 0 Å². The zero-order chi connectivity index (χ0) is 16.0. The maximum Gasteiger partial charge on any atom is 0.166 e. The highest BCUT2D eigenvalue weighted by molar-refractivity contribution is 14.2. The van der Waals surface area contributed by atoms with E-state index in [1.54, 1.807) is 6.20 Å². The van der Waals surface area contributed by atoms with E-state index in [4.69, 9.17) is 0 Å². The smallest absolute Gasteiger partial charge is 0.166 e. The van der Waals surface area contributed by atoms with Gasteiger partial charge in [0.1, 0.15) is 5.65 Å². The summed E-state index contributed by atoms with van der Waals surface area (Å²) in [5.74, 6) is 0. The van der Waals surface area contributed by atoms with E-state index >= 15 is 0 Å². The fraction of sp³-hybridized carbons (Fsp3) is 0.0625. The Morgan fingerprint density at radius 1 is 1.26 bits per heavy atom. The number of rotatable bonds is 3. The molecular formula is C16H12IN4OP. The molecule has 0 spiro atoms. The first-order chi connectivity index (χ1) is 11.2. The molecule has 3 heterocycles. The van der Waals surface area contributed by atoms with Crippen molar-refractivity contribution >= 4 is 56.6 Å². The summed E-state index contributed by atoms with van der Waals surface area (Å²) in [6, 6.07) is 10.2. The van der Waals surface area contributed by atoms with Crippen LogP contribution in [0.25, 0.3) is 33.1 Å². The van der Waals surface area contributed by atoms with Crippen molar-refractivity contribution < 1.29 is 4.79 Å². The molecule has 1 unspecified atom stereocenters. The molecule has 7 heteroatoms. The summed E-state index contributed by atoms with van der Waals surface area (Å²) in [6.07, 6.45) is 5.12. The van der Waals surface area contributed by atoms with Gasteiger partial charge in [-0.1, -0.05) is 6.07 Å². The second-order valence-electron chi connectivity index (χ2n) is 5.26. The lowest BCUT2D eigenvalue weighted by atomic mass is 10.0. The molecule has 0 saturated heterocycles. The monoisotopic (exact) mass is 434 g/mol. The van der Waals surface area contributed by atoms with Gasteiger partial charge in [-0.05, 0) is 57.4 Å². The molecule has 0 aliphatic rings. The van der Waals surface area contributed by atoms with Crippen molar-refractivity contribution in [1.82, 2.24) is 19.1 Å². The lowest BCUT2D eigenvalue weighted by Gasteiger charge is -2.05. The average molecular weight is 434 g/mol. The number of aryl methyl sites for hydroxylation is 1. The predicted molar refractivity (Wildman–Crippen MR) is 103 cm³/mol. The molecule has 0 saturated carbocycles. The maximum atomic E-state index is 11.2. The van der Waals surface area contributed by atoms with E-state index in [0.29, 0.717) is 12.1 Å². The van der Waals surface area contributed by atoms with Gasteiger partial charge >= 0.3 is 0 Å². The minimum Gasteiger partial charge on any atom is -0.326 e. The van der Waals surface area contributed by atoms with Gasteiger partial charge < -0.3 is 4.57 Å². The SMILES string of the molecule is Cn1c(C=O)cc2c(-c3ccc4c(cnn4PI)c3)ccnc21. The van der Waals surface area contributed by atoms with E-state index in [1.165, 1.54) is 0 Å². The summed E-state index contributed by atoms with van der Waals surface area (Å²) in [5.41, 5.74) is 4.75. The van der Waals surface area contributed by atoms with Crippen LogP contribution >= 0.6 is 28.4 Å². The summed E-state index contributed by atoms with van der Waals surface area (Å²) in [6.45, 7) is 0. The van der Waals surface area contributed by atoms with Crippen LogP contribution in [0.4, 0.5) is 0 Å². The van der Waals surface area contributed by atoms with Crippen LogP contribution in [-0.2, 0) is 7.05 Å². The van der Waals surface area contributed by atoms with Crippen molar-refractivity contribution in [2.45, 2.75) is 0 Å². The summed E-state index contributed by atoms with van der Waals surface area (Å²) in [5, 5.41) is 6.50. The Labute approximate surface area is 147 Å². The number of benzene rings is 1. The van der Waals surface area contributed by atoms with Gasteiger partial charge in [-0.25, -0.2) is 9.44 Å². The molecule has 0 amide bonds. The molecule has 0 bridgehead atoms. The topological polar surface area (TPSA) is 52.7 Å². The van der Waals surface area contributed by atoms with Crippen LogP contribution in [0.2, 0.25) is 0 Å². The number of halogens is 1. The quantitative estimate of drug-likeness (QED) is 0.276. The van der Waals surface area contributed by atoms with E-state index in [9.17, 15) is 4.79 Å². The number of pyridine rings is 1. The van der Waals surface area contributed by atoms with Crippen molar-refractivity contribution in [3.8, 4) is 11.1 Å². The van der Waals surface area contributed by atoms with Gasteiger partial charge in [0.25, 0.3) is 0 Å². The van der Waals surface area contributed by atoms with Crippen LogP contribution in [0.5, 0.6) is 0 Å². The van der Waals surface area contributed by atoms with Crippen LogP contribution < -0.4 is 0 Å². The highest BCUT2D eigenvalue weighted by Gasteiger charge is 2.12. The molecule has 3 aromatic heterocycles. The Bertz CT molecular complexity index is 1050. The molecule has 1 atom stereocenters. The highest BCUT2D eigenvalue weighted by atomic mass is 127. The molecule has 0 fully saturated rings. The Morgan fingerprint density at radius 2 is 2.13 bits per heavy atom. The average Bonchev–Trinajstić information content (AvgIpc) is 3.15. The van der Waals surface area contributed by atoms with Crippen molar-refractivity contribution in [2.75, 3.05) is 0 Å². The third kappa shape index (κ3) is 2.28. The summed E-state index contributed by atoms with van der Waals surface area (Å²) in [4.78, 5) is 15.6. The molecule has 0 N–H and O–H groups in total. The first-order valence-corrected chi connectivity index (χ1v) is 11.0. The van der Waals surface area contributed by atoms with Gasteiger partial charge in [0.15, 0.2) is 6.29 Å². The molecule has 0 radical (unpaired) electrons. The molecule has 0 aliphatic carbocycles. The second-order valence-corrected chi connectivity index (χ2v) is 7.30. The zero-order valence-corrected chi connectivity index (χ0v) is 15.4. The van der Waals surface area contributed by atoms with Crippen LogP contribution in [0.1, 0.15) is 10.5 Å². The standard InChI is InChI=1S/C16H12IN4OP/c1-20-12(9-22)7-14-13(4-5-18-16(14)20)10-2-3-15-11(6-10)8-19-21(15)23-17/h2-9,23H,1H3. The van der Waals surface area contributed by atoms with E-state index in [0.717, 1.165) is 39.3 Å². The van der Waals surface area contributed by atoms with E-state index in [2.05, 4.69) is 50.3 Å². The van der Waals surface area contributed by atoms with Crippen LogP contribution in [0.3, 0.4) is 0 Å². The van der Waals surface area contributed by atoms with E-state index < -0.39 is 0 Å². The lowest BCUT2D eigenvalue weighted by molar-refractivity contribution is 0.111. The normalized spacial score (nSPS) is 11.9. The zero-order valence-electron chi connectivity index (χ0n) is 12.2. The minimum atomic E-state index is 0.581. The fourth-order valence-electron chi connectivity index (χ4n) is 2.87. The van der Waals surface area contributed by atoms with Gasteiger partial charge in [-0.3, -0.25) is 4.79 Å². The second kappa shape index (κ2) is 5.69. The Morgan fingerprint density at radius 3 is 2.91 bits per heavy atom. The molecule has 114 valence electrons. The Kier molecular flexibility index (Phi) is 3.66. The number of nitrogens with zero attached hydrogens (tertiary/aromatic N) is 4. The van der Waals surface area contributed by atoms with Crippen LogP contribution in [0.15, 0.2) is 42.7 Å². The number of carbonyl (C=O) groups is 1. The van der Waals surface area contributed by atoms with Crippen molar-refractivity contribution in [3.63, 3.8) is 0 Å². The number of aromatic nitrogens is 4. The summed E-state index contributed by atoms with van der Waals surface area (Å²) in [7, 11) is 1.86. The number of aldehydes is 1. The predicted octanol–water partition coefficient (Wildman–Crippen LogP) is 4.19. The van der Waals surface area contributed by atoms with Gasteiger partial charge in [0.05, 0.1) is 23.8 Å². The first-order valence-electron chi connectivity index (χ1n) is 6.97. The minimum absolute atomic E-state index is 0.581.